The third kappa shape index (κ3) is 2.83. The Balaban J connectivity index is 1.88. The molecule has 1 aromatic carbocycles. The van der Waals surface area contributed by atoms with Gasteiger partial charge in [0.05, 0.1) is 11.0 Å². The lowest BCUT2D eigenvalue weighted by molar-refractivity contribution is -0.140. The molecule has 0 saturated carbocycles. The first-order valence-electron chi connectivity index (χ1n) is 7.20. The average molecular weight is 359 g/mol. The lowest BCUT2D eigenvalue weighted by Gasteiger charge is -2.44. The van der Waals surface area contributed by atoms with Crippen LogP contribution in [0.4, 0.5) is 8.78 Å². The molecule has 2 heterocycles. The normalized spacial score (nSPS) is 25.9. The van der Waals surface area contributed by atoms with Gasteiger partial charge >= 0.3 is 0 Å². The van der Waals surface area contributed by atoms with Crippen molar-refractivity contribution < 1.29 is 13.6 Å². The summed E-state index contributed by atoms with van der Waals surface area (Å²) < 4.78 is 28.3. The average Bonchev–Trinajstić information content (AvgIpc) is 2.49. The molecule has 2 fully saturated rings. The van der Waals surface area contributed by atoms with Crippen molar-refractivity contribution in [1.29, 1.82) is 0 Å². The summed E-state index contributed by atoms with van der Waals surface area (Å²) in [6.45, 7) is 1.73. The molecule has 0 aliphatic carbocycles. The maximum atomic E-state index is 14.1. The number of rotatable bonds is 2. The molecule has 2 atom stereocenters. The monoisotopic (exact) mass is 358 g/mol. The van der Waals surface area contributed by atoms with Crippen LogP contribution < -0.4 is 5.32 Å². The molecule has 114 valence electrons. The first-order valence-corrected chi connectivity index (χ1v) is 8.00. The quantitative estimate of drug-likeness (QED) is 0.824. The molecule has 6 heteroatoms. The zero-order chi connectivity index (χ0) is 15.0. The van der Waals surface area contributed by atoms with Crippen molar-refractivity contribution in [2.45, 2.75) is 31.8 Å². The van der Waals surface area contributed by atoms with Crippen molar-refractivity contribution in [1.82, 2.24) is 10.2 Å². The van der Waals surface area contributed by atoms with Crippen LogP contribution in [0, 0.1) is 17.6 Å². The summed E-state index contributed by atoms with van der Waals surface area (Å²) in [5.41, 5.74) is -0.0306. The van der Waals surface area contributed by atoms with Gasteiger partial charge in [0.15, 0.2) is 0 Å². The second-order valence-corrected chi connectivity index (χ2v) is 6.56. The Kier molecular flexibility index (Phi) is 4.26. The Bertz CT molecular complexity index is 567. The second-order valence-electron chi connectivity index (χ2n) is 5.70. The molecule has 0 bridgehead atoms. The predicted molar refractivity (Wildman–Crippen MR) is 78.6 cm³/mol. The van der Waals surface area contributed by atoms with Gasteiger partial charge in [0, 0.05) is 18.0 Å². The highest BCUT2D eigenvalue weighted by atomic mass is 79.9. The van der Waals surface area contributed by atoms with Crippen molar-refractivity contribution in [2.24, 2.45) is 5.92 Å². The lowest BCUT2D eigenvalue weighted by atomic mass is 9.84. The van der Waals surface area contributed by atoms with Gasteiger partial charge in [0.2, 0.25) is 5.91 Å². The molecule has 1 amide bonds. The van der Waals surface area contributed by atoms with Gasteiger partial charge in [-0.25, -0.2) is 8.78 Å². The van der Waals surface area contributed by atoms with Crippen LogP contribution in [0.1, 0.15) is 24.8 Å². The highest BCUT2D eigenvalue weighted by Gasteiger charge is 2.37. The summed E-state index contributed by atoms with van der Waals surface area (Å²) in [5.74, 6) is -0.829. The van der Waals surface area contributed by atoms with E-state index in [9.17, 15) is 13.6 Å². The number of fused-ring (bicyclic) bond motifs is 1. The smallest absolute Gasteiger partial charge is 0.223 e. The van der Waals surface area contributed by atoms with Crippen LogP contribution in [0.3, 0.4) is 0 Å². The van der Waals surface area contributed by atoms with E-state index in [0.29, 0.717) is 12.3 Å². The van der Waals surface area contributed by atoms with Gasteiger partial charge in [-0.3, -0.25) is 4.79 Å². The van der Waals surface area contributed by atoms with Crippen molar-refractivity contribution in [3.05, 3.63) is 33.8 Å². The lowest BCUT2D eigenvalue weighted by Crippen LogP contribution is -2.54. The number of halogens is 3. The Labute approximate surface area is 130 Å². The van der Waals surface area contributed by atoms with E-state index in [0.717, 1.165) is 25.9 Å². The van der Waals surface area contributed by atoms with Crippen molar-refractivity contribution in [3.63, 3.8) is 0 Å². The number of benzene rings is 1. The summed E-state index contributed by atoms with van der Waals surface area (Å²) in [4.78, 5) is 13.9. The molecule has 1 N–H and O–H groups in total. The maximum absolute atomic E-state index is 14.1. The molecular formula is C15H17BrF2N2O. The van der Waals surface area contributed by atoms with Crippen LogP contribution in [0.15, 0.2) is 16.6 Å². The standard InChI is InChI=1S/C15H17BrF2N2O/c16-11-2-3-12(17)10(15(11)18)8-20-13-5-6-19-7-9(13)1-4-14(20)21/h2-3,9,13,19H,1,4-8H2. The maximum Gasteiger partial charge on any atom is 0.223 e. The van der Waals surface area contributed by atoms with Gasteiger partial charge in [-0.2, -0.15) is 0 Å². The molecule has 1 aromatic rings. The molecule has 0 spiro atoms. The highest BCUT2D eigenvalue weighted by Crippen LogP contribution is 2.31. The van der Waals surface area contributed by atoms with E-state index in [1.807, 2.05) is 0 Å². The molecule has 21 heavy (non-hydrogen) atoms. The Morgan fingerprint density at radius 1 is 1.33 bits per heavy atom. The fourth-order valence-corrected chi connectivity index (χ4v) is 3.71. The Morgan fingerprint density at radius 2 is 2.14 bits per heavy atom. The zero-order valence-corrected chi connectivity index (χ0v) is 13.1. The van der Waals surface area contributed by atoms with Crippen LogP contribution >= 0.6 is 15.9 Å². The van der Waals surface area contributed by atoms with Crippen molar-refractivity contribution in [2.75, 3.05) is 13.1 Å². The van der Waals surface area contributed by atoms with E-state index >= 15 is 0 Å². The Hall–Kier alpha value is -1.01. The first kappa shape index (κ1) is 14.9. The number of nitrogens with one attached hydrogen (secondary N) is 1. The predicted octanol–water partition coefficient (Wildman–Crippen LogP) is 2.83. The van der Waals surface area contributed by atoms with E-state index in [2.05, 4.69) is 21.2 Å². The topological polar surface area (TPSA) is 32.3 Å². The molecule has 2 aliphatic heterocycles. The third-order valence-corrected chi connectivity index (χ3v) is 5.10. The fourth-order valence-electron chi connectivity index (χ4n) is 3.34. The number of hydrogen-bond donors (Lipinski definition) is 1. The Morgan fingerprint density at radius 3 is 2.95 bits per heavy atom. The molecule has 0 aromatic heterocycles. The summed E-state index contributed by atoms with van der Waals surface area (Å²) in [7, 11) is 0. The molecule has 3 nitrogen and oxygen atoms in total. The number of likely N-dealkylation sites (tertiary alicyclic amines) is 1. The largest absolute Gasteiger partial charge is 0.335 e. The van der Waals surface area contributed by atoms with Gasteiger partial charge in [0.25, 0.3) is 0 Å². The van der Waals surface area contributed by atoms with Crippen molar-refractivity contribution in [3.8, 4) is 0 Å². The minimum atomic E-state index is -0.612. The van der Waals surface area contributed by atoms with E-state index in [4.69, 9.17) is 0 Å². The second kappa shape index (κ2) is 6.01. The molecule has 0 radical (unpaired) electrons. The third-order valence-electron chi connectivity index (χ3n) is 4.48. The molecule has 2 saturated heterocycles. The van der Waals surface area contributed by atoms with E-state index in [-0.39, 0.29) is 28.5 Å². The summed E-state index contributed by atoms with van der Waals surface area (Å²) >= 11 is 3.07. The van der Waals surface area contributed by atoms with E-state index in [1.165, 1.54) is 12.1 Å². The number of nitrogens with zero attached hydrogens (tertiary/aromatic N) is 1. The highest BCUT2D eigenvalue weighted by molar-refractivity contribution is 9.10. The summed E-state index contributed by atoms with van der Waals surface area (Å²) in [6, 6.07) is 2.67. The van der Waals surface area contributed by atoms with Crippen LogP contribution in [-0.2, 0) is 11.3 Å². The van der Waals surface area contributed by atoms with Crippen LogP contribution in [0.5, 0.6) is 0 Å². The van der Waals surface area contributed by atoms with Crippen LogP contribution in [-0.4, -0.2) is 29.9 Å². The molecule has 3 rings (SSSR count). The SMILES string of the molecule is O=C1CCC2CNCCC2N1Cc1c(F)ccc(Br)c1F. The van der Waals surface area contributed by atoms with Crippen LogP contribution in [0.25, 0.3) is 0 Å². The number of hydrogen-bond acceptors (Lipinski definition) is 2. The van der Waals surface area contributed by atoms with Gasteiger partial charge < -0.3 is 10.2 Å². The number of carbonyl (C=O) groups is 1. The number of amides is 1. The molecule has 2 unspecified atom stereocenters. The minimum Gasteiger partial charge on any atom is -0.335 e. The summed E-state index contributed by atoms with van der Waals surface area (Å²) in [6.07, 6.45) is 2.16. The summed E-state index contributed by atoms with van der Waals surface area (Å²) in [5, 5.41) is 3.32. The number of carbonyl (C=O) groups excluding carboxylic acids is 1. The van der Waals surface area contributed by atoms with Gasteiger partial charge in [-0.05, 0) is 59.9 Å². The fraction of sp³-hybridized carbons (Fsp3) is 0.533. The first-order chi connectivity index (χ1) is 10.1. The zero-order valence-electron chi connectivity index (χ0n) is 11.5. The van der Waals surface area contributed by atoms with E-state index in [1.54, 1.807) is 4.90 Å². The van der Waals surface area contributed by atoms with Gasteiger partial charge in [-0.15, -0.1) is 0 Å². The molecule has 2 aliphatic rings. The van der Waals surface area contributed by atoms with Crippen LogP contribution in [0.2, 0.25) is 0 Å². The molecular weight excluding hydrogens is 342 g/mol. The van der Waals surface area contributed by atoms with Gasteiger partial charge in [-0.1, -0.05) is 0 Å². The minimum absolute atomic E-state index is 0.00285. The van der Waals surface area contributed by atoms with E-state index < -0.39 is 11.6 Å². The number of piperidine rings is 2. The van der Waals surface area contributed by atoms with Gasteiger partial charge in [0.1, 0.15) is 11.6 Å². The van der Waals surface area contributed by atoms with Crippen molar-refractivity contribution >= 4 is 21.8 Å².